The molecule has 0 N–H and O–H groups in total. The van der Waals surface area contributed by atoms with E-state index in [1.54, 1.807) is 6.07 Å². The summed E-state index contributed by atoms with van der Waals surface area (Å²) < 4.78 is 36.4. The van der Waals surface area contributed by atoms with E-state index in [2.05, 4.69) is 32.0 Å². The van der Waals surface area contributed by atoms with Crippen molar-refractivity contribution in [1.82, 2.24) is 0 Å². The number of hydrogen-bond donors (Lipinski definition) is 0. The molecule has 3 nitrogen and oxygen atoms in total. The Labute approximate surface area is 309 Å². The molecule has 0 saturated carbocycles. The van der Waals surface area contributed by atoms with Crippen molar-refractivity contribution in [2.24, 2.45) is 0 Å². The Kier molecular flexibility index (Phi) is 25.3. The summed E-state index contributed by atoms with van der Waals surface area (Å²) in [5.74, 6) is 0. The zero-order valence-corrected chi connectivity index (χ0v) is 32.3. The molecule has 0 aliphatic heterocycles. The Morgan fingerprint density at radius 3 is 1.30 bits per heavy atom. The quantitative estimate of drug-likeness (QED) is 0.0557. The van der Waals surface area contributed by atoms with Crippen LogP contribution in [0.1, 0.15) is 179 Å². The maximum absolute atomic E-state index is 12.1. The van der Waals surface area contributed by atoms with Crippen LogP contribution in [0.2, 0.25) is 0 Å². The molecule has 0 unspecified atom stereocenters. The SMILES string of the molecule is CCCCCCCCCCCCCCc1ccc2ccc(S(=O)(=O)[O-])c(CCCCCCCCCCCCCC)c2c1.[K+]. The molecule has 0 aliphatic rings. The van der Waals surface area contributed by atoms with Crippen LogP contribution >= 0.6 is 0 Å². The van der Waals surface area contributed by atoms with E-state index in [0.717, 1.165) is 42.0 Å². The van der Waals surface area contributed by atoms with Gasteiger partial charge in [-0.25, -0.2) is 8.42 Å². The molecular formula is C38H63KO3S. The van der Waals surface area contributed by atoms with Crippen molar-refractivity contribution in [1.29, 1.82) is 0 Å². The molecule has 2 aromatic carbocycles. The molecule has 0 radical (unpaired) electrons. The van der Waals surface area contributed by atoms with Gasteiger partial charge in [-0.05, 0) is 53.6 Å². The molecular weight excluding hydrogens is 576 g/mol. The van der Waals surface area contributed by atoms with Crippen molar-refractivity contribution in [3.63, 3.8) is 0 Å². The number of fused-ring (bicyclic) bond motifs is 1. The molecule has 0 spiro atoms. The Morgan fingerprint density at radius 1 is 0.512 bits per heavy atom. The summed E-state index contributed by atoms with van der Waals surface area (Å²) in [6.45, 7) is 4.54. The first-order chi connectivity index (χ1) is 20.5. The number of benzene rings is 2. The summed E-state index contributed by atoms with van der Waals surface area (Å²) in [6.07, 6.45) is 33.0. The standard InChI is InChI=1S/C38H64O3S.K/c1-3-5-7-9-11-13-15-17-19-21-23-25-27-34-29-30-35-31-32-38(42(39,40)41)36(37(35)33-34)28-26-24-22-20-18-16-14-12-10-8-6-4-2;/h29-33H,3-28H2,1-2H3,(H,39,40,41);/q;+1/p-1. The van der Waals surface area contributed by atoms with Gasteiger partial charge < -0.3 is 4.55 Å². The molecule has 0 aliphatic carbocycles. The molecule has 5 heteroatoms. The number of aryl methyl sites for hydroxylation is 2. The van der Waals surface area contributed by atoms with Crippen LogP contribution in [0.4, 0.5) is 0 Å². The number of hydrogen-bond acceptors (Lipinski definition) is 3. The molecule has 2 rings (SSSR count). The molecule has 240 valence electrons. The van der Waals surface area contributed by atoms with Crippen molar-refractivity contribution in [3.05, 3.63) is 41.5 Å². The molecule has 0 bridgehead atoms. The second-order valence-electron chi connectivity index (χ2n) is 12.8. The summed E-state index contributed by atoms with van der Waals surface area (Å²) in [5.41, 5.74) is 2.00. The average molecular weight is 639 g/mol. The van der Waals surface area contributed by atoms with E-state index >= 15 is 0 Å². The third-order valence-corrected chi connectivity index (χ3v) is 9.94. The first-order valence-corrected chi connectivity index (χ1v) is 19.4. The van der Waals surface area contributed by atoms with Crippen molar-refractivity contribution in [2.75, 3.05) is 0 Å². The summed E-state index contributed by atoms with van der Waals surface area (Å²) in [7, 11) is -4.49. The Hall–Kier alpha value is 0.246. The van der Waals surface area contributed by atoms with Gasteiger partial charge in [0.25, 0.3) is 0 Å². The fourth-order valence-electron chi connectivity index (χ4n) is 6.37. The largest absolute Gasteiger partial charge is 1.00 e. The van der Waals surface area contributed by atoms with Crippen LogP contribution in [-0.4, -0.2) is 13.0 Å². The third-order valence-electron chi connectivity index (χ3n) is 9.02. The summed E-state index contributed by atoms with van der Waals surface area (Å²) in [4.78, 5) is -0.0133. The molecule has 0 heterocycles. The van der Waals surface area contributed by atoms with E-state index < -0.39 is 10.1 Å². The van der Waals surface area contributed by atoms with Crippen molar-refractivity contribution in [3.8, 4) is 0 Å². The van der Waals surface area contributed by atoms with Gasteiger partial charge in [-0.2, -0.15) is 0 Å². The van der Waals surface area contributed by atoms with Gasteiger partial charge in [-0.1, -0.05) is 179 Å². The monoisotopic (exact) mass is 638 g/mol. The number of unbranched alkanes of at least 4 members (excludes halogenated alkanes) is 22. The average Bonchev–Trinajstić information content (AvgIpc) is 2.97. The van der Waals surface area contributed by atoms with Gasteiger partial charge in [0.05, 0.1) is 4.90 Å². The van der Waals surface area contributed by atoms with Gasteiger partial charge in [-0.3, -0.25) is 0 Å². The predicted octanol–water partition coefficient (Wildman–Crippen LogP) is 9.24. The Balaban J connectivity index is 0.00000924. The second kappa shape index (κ2) is 26.3. The fraction of sp³-hybridized carbons (Fsp3) is 0.737. The van der Waals surface area contributed by atoms with Crippen LogP contribution in [0.3, 0.4) is 0 Å². The van der Waals surface area contributed by atoms with E-state index in [4.69, 9.17) is 0 Å². The van der Waals surface area contributed by atoms with Crippen LogP contribution in [0.25, 0.3) is 10.8 Å². The minimum Gasteiger partial charge on any atom is -0.744 e. The van der Waals surface area contributed by atoms with E-state index in [9.17, 15) is 13.0 Å². The molecule has 0 saturated heterocycles. The first-order valence-electron chi connectivity index (χ1n) is 18.0. The maximum Gasteiger partial charge on any atom is 1.00 e. The third kappa shape index (κ3) is 18.9. The van der Waals surface area contributed by atoms with Crippen LogP contribution in [0.15, 0.2) is 35.2 Å². The molecule has 0 fully saturated rings. The van der Waals surface area contributed by atoms with Gasteiger partial charge in [0.1, 0.15) is 10.1 Å². The fourth-order valence-corrected chi connectivity index (χ4v) is 7.12. The first kappa shape index (κ1) is 41.3. The van der Waals surface area contributed by atoms with Gasteiger partial charge in [0, 0.05) is 0 Å². The molecule has 0 aromatic heterocycles. The summed E-state index contributed by atoms with van der Waals surface area (Å²) in [5, 5.41) is 2.00. The normalized spacial score (nSPS) is 11.7. The van der Waals surface area contributed by atoms with E-state index in [-0.39, 0.29) is 56.3 Å². The van der Waals surface area contributed by atoms with Crippen molar-refractivity contribution < 1.29 is 64.4 Å². The van der Waals surface area contributed by atoms with Gasteiger partial charge in [0.15, 0.2) is 0 Å². The van der Waals surface area contributed by atoms with Crippen LogP contribution in [-0.2, 0) is 23.0 Å². The maximum atomic E-state index is 12.1. The van der Waals surface area contributed by atoms with Crippen LogP contribution in [0.5, 0.6) is 0 Å². The predicted molar refractivity (Wildman–Crippen MR) is 181 cm³/mol. The van der Waals surface area contributed by atoms with Crippen LogP contribution < -0.4 is 51.4 Å². The van der Waals surface area contributed by atoms with Gasteiger partial charge in [0.2, 0.25) is 0 Å². The van der Waals surface area contributed by atoms with Crippen LogP contribution in [0, 0.1) is 0 Å². The molecule has 43 heavy (non-hydrogen) atoms. The zero-order valence-electron chi connectivity index (χ0n) is 28.4. The summed E-state index contributed by atoms with van der Waals surface area (Å²) in [6, 6.07) is 9.79. The number of rotatable bonds is 27. The smallest absolute Gasteiger partial charge is 0.744 e. The van der Waals surface area contributed by atoms with Gasteiger partial charge >= 0.3 is 51.4 Å². The Bertz CT molecular complexity index is 1070. The topological polar surface area (TPSA) is 57.2 Å². The van der Waals surface area contributed by atoms with Crippen molar-refractivity contribution in [2.45, 2.75) is 186 Å². The minimum atomic E-state index is -4.49. The zero-order chi connectivity index (χ0) is 30.3. The van der Waals surface area contributed by atoms with E-state index in [1.807, 2.05) is 0 Å². The molecule has 0 amide bonds. The second-order valence-corrected chi connectivity index (χ2v) is 14.2. The van der Waals surface area contributed by atoms with E-state index in [0.29, 0.717) is 6.42 Å². The molecule has 2 aromatic rings. The van der Waals surface area contributed by atoms with Crippen molar-refractivity contribution >= 4 is 20.9 Å². The summed E-state index contributed by atoms with van der Waals surface area (Å²) >= 11 is 0. The minimum absolute atomic E-state index is 0. The van der Waals surface area contributed by atoms with E-state index in [1.165, 1.54) is 146 Å². The Morgan fingerprint density at radius 2 is 0.884 bits per heavy atom. The van der Waals surface area contributed by atoms with Gasteiger partial charge in [-0.15, -0.1) is 0 Å². The molecule has 0 atom stereocenters.